The second-order valence-electron chi connectivity index (χ2n) is 6.73. The van der Waals surface area contributed by atoms with Crippen molar-refractivity contribution in [2.24, 2.45) is 0 Å². The maximum atomic E-state index is 12.8. The summed E-state index contributed by atoms with van der Waals surface area (Å²) in [7, 11) is -3.60. The molecular formula is C19H26N2O4S. The quantitative estimate of drug-likeness (QED) is 0.836. The highest BCUT2D eigenvalue weighted by Gasteiger charge is 2.27. The van der Waals surface area contributed by atoms with Crippen molar-refractivity contribution in [1.82, 2.24) is 9.62 Å². The number of furan rings is 1. The molecule has 3 rings (SSSR count). The largest absolute Gasteiger partial charge is 0.465 e. The van der Waals surface area contributed by atoms with Crippen LogP contribution in [-0.4, -0.2) is 46.2 Å². The number of nitrogens with one attached hydrogen (secondary N) is 1. The van der Waals surface area contributed by atoms with Gasteiger partial charge in [-0.1, -0.05) is 12.1 Å². The van der Waals surface area contributed by atoms with Gasteiger partial charge in [0.2, 0.25) is 10.0 Å². The van der Waals surface area contributed by atoms with E-state index in [0.29, 0.717) is 18.1 Å². The molecule has 6 nitrogen and oxygen atoms in total. The molecule has 0 radical (unpaired) electrons. The average Bonchev–Trinajstić information content (AvgIpc) is 3.04. The van der Waals surface area contributed by atoms with Crippen molar-refractivity contribution in [3.05, 3.63) is 53.0 Å². The van der Waals surface area contributed by atoms with E-state index in [4.69, 9.17) is 9.15 Å². The highest BCUT2D eigenvalue weighted by Crippen LogP contribution is 2.24. The standard InChI is InChI=1S/C19H26N2O4S/c1-14-4-5-15(2)19(12-14)26(22,23)20-13-17(18-7-6-16(3)25-18)21-8-10-24-11-9-21/h4-7,12,17,20H,8-11,13H2,1-3H3. The summed E-state index contributed by atoms with van der Waals surface area (Å²) in [6.07, 6.45) is 0. The monoisotopic (exact) mass is 378 g/mol. The fourth-order valence-corrected chi connectivity index (χ4v) is 4.56. The summed E-state index contributed by atoms with van der Waals surface area (Å²) in [5.74, 6) is 1.59. The molecule has 0 amide bonds. The van der Waals surface area contributed by atoms with Crippen LogP contribution >= 0.6 is 0 Å². The number of morpholine rings is 1. The fraction of sp³-hybridized carbons (Fsp3) is 0.474. The molecule has 142 valence electrons. The second-order valence-corrected chi connectivity index (χ2v) is 8.47. The first-order chi connectivity index (χ1) is 12.4. The lowest BCUT2D eigenvalue weighted by atomic mass is 10.2. The van der Waals surface area contributed by atoms with Gasteiger partial charge in [-0.2, -0.15) is 0 Å². The van der Waals surface area contributed by atoms with Gasteiger partial charge in [-0.05, 0) is 50.1 Å². The van der Waals surface area contributed by atoms with Crippen LogP contribution in [0, 0.1) is 20.8 Å². The van der Waals surface area contributed by atoms with Gasteiger partial charge in [0.1, 0.15) is 11.5 Å². The van der Waals surface area contributed by atoms with Crippen LogP contribution < -0.4 is 4.72 Å². The van der Waals surface area contributed by atoms with Crippen LogP contribution in [0.25, 0.3) is 0 Å². The van der Waals surface area contributed by atoms with Gasteiger partial charge in [0.05, 0.1) is 24.2 Å². The van der Waals surface area contributed by atoms with Crippen molar-refractivity contribution in [2.45, 2.75) is 31.7 Å². The third-order valence-corrected chi connectivity index (χ3v) is 6.24. The van der Waals surface area contributed by atoms with Crippen molar-refractivity contribution in [1.29, 1.82) is 0 Å². The number of sulfonamides is 1. The lowest BCUT2D eigenvalue weighted by Crippen LogP contribution is -2.43. The molecule has 1 saturated heterocycles. The van der Waals surface area contributed by atoms with Gasteiger partial charge in [-0.15, -0.1) is 0 Å². The van der Waals surface area contributed by atoms with Crippen molar-refractivity contribution in [3.8, 4) is 0 Å². The maximum absolute atomic E-state index is 12.8. The van der Waals surface area contributed by atoms with E-state index < -0.39 is 10.0 Å². The van der Waals surface area contributed by atoms with Crippen LogP contribution in [0.3, 0.4) is 0 Å². The molecule has 1 aromatic carbocycles. The summed E-state index contributed by atoms with van der Waals surface area (Å²) < 4.78 is 39.7. The fourth-order valence-electron chi connectivity index (χ4n) is 3.19. The number of ether oxygens (including phenoxy) is 1. The molecule has 1 aliphatic heterocycles. The van der Waals surface area contributed by atoms with Crippen molar-refractivity contribution < 1.29 is 17.6 Å². The summed E-state index contributed by atoms with van der Waals surface area (Å²) in [6.45, 7) is 8.61. The molecule has 2 heterocycles. The third kappa shape index (κ3) is 4.35. The van der Waals surface area contributed by atoms with E-state index in [1.807, 2.05) is 45.0 Å². The summed E-state index contributed by atoms with van der Waals surface area (Å²) in [5.41, 5.74) is 1.65. The summed E-state index contributed by atoms with van der Waals surface area (Å²) >= 11 is 0. The van der Waals surface area contributed by atoms with Gasteiger partial charge in [-0.3, -0.25) is 4.90 Å². The van der Waals surface area contributed by atoms with E-state index >= 15 is 0 Å². The highest BCUT2D eigenvalue weighted by atomic mass is 32.2. The molecule has 1 aromatic heterocycles. The van der Waals surface area contributed by atoms with Gasteiger partial charge >= 0.3 is 0 Å². The van der Waals surface area contributed by atoms with Crippen molar-refractivity contribution >= 4 is 10.0 Å². The molecular weight excluding hydrogens is 352 g/mol. The van der Waals surface area contributed by atoms with E-state index in [1.165, 1.54) is 0 Å². The smallest absolute Gasteiger partial charge is 0.240 e. The number of hydrogen-bond donors (Lipinski definition) is 1. The van der Waals surface area contributed by atoms with Crippen molar-refractivity contribution in [3.63, 3.8) is 0 Å². The molecule has 2 aromatic rings. The first-order valence-corrected chi connectivity index (χ1v) is 10.3. The molecule has 7 heteroatoms. The lowest BCUT2D eigenvalue weighted by Gasteiger charge is -2.33. The molecule has 26 heavy (non-hydrogen) atoms. The first kappa shape index (κ1) is 19.1. The van der Waals surface area contributed by atoms with Crippen LogP contribution in [0.4, 0.5) is 0 Å². The Bertz CT molecular complexity index is 854. The van der Waals surface area contributed by atoms with Gasteiger partial charge in [-0.25, -0.2) is 13.1 Å². The molecule has 0 spiro atoms. The Morgan fingerprint density at radius 2 is 1.85 bits per heavy atom. The zero-order valence-electron chi connectivity index (χ0n) is 15.5. The van der Waals surface area contributed by atoms with Crippen LogP contribution in [0.2, 0.25) is 0 Å². The Hall–Kier alpha value is -1.67. The second kappa shape index (κ2) is 7.92. The van der Waals surface area contributed by atoms with Gasteiger partial charge < -0.3 is 9.15 Å². The van der Waals surface area contributed by atoms with Crippen LogP contribution in [0.5, 0.6) is 0 Å². The van der Waals surface area contributed by atoms with Crippen LogP contribution in [0.1, 0.15) is 28.7 Å². The number of hydrogen-bond acceptors (Lipinski definition) is 5. The molecule has 1 fully saturated rings. The van der Waals surface area contributed by atoms with E-state index in [1.54, 1.807) is 6.07 Å². The van der Waals surface area contributed by atoms with Gasteiger partial charge in [0, 0.05) is 19.6 Å². The minimum absolute atomic E-state index is 0.160. The molecule has 1 unspecified atom stereocenters. The molecule has 1 atom stereocenters. The Balaban J connectivity index is 1.81. The minimum atomic E-state index is -3.60. The molecule has 1 N–H and O–H groups in total. The summed E-state index contributed by atoms with van der Waals surface area (Å²) in [5, 5.41) is 0. The normalized spacial score (nSPS) is 17.3. The predicted octanol–water partition coefficient (Wildman–Crippen LogP) is 2.56. The molecule has 0 saturated carbocycles. The SMILES string of the molecule is Cc1ccc(C)c(S(=O)(=O)NCC(c2ccc(C)o2)N2CCOCC2)c1. The Kier molecular flexibility index (Phi) is 5.82. The van der Waals surface area contributed by atoms with Crippen molar-refractivity contribution in [2.75, 3.05) is 32.8 Å². The van der Waals surface area contributed by atoms with Crippen LogP contribution in [0.15, 0.2) is 39.6 Å². The topological polar surface area (TPSA) is 71.8 Å². The van der Waals surface area contributed by atoms with E-state index in [0.717, 1.165) is 35.7 Å². The molecule has 0 aliphatic carbocycles. The Labute approximate surface area is 155 Å². The first-order valence-electron chi connectivity index (χ1n) is 8.82. The average molecular weight is 378 g/mol. The predicted molar refractivity (Wildman–Crippen MR) is 99.7 cm³/mol. The Morgan fingerprint density at radius 3 is 2.50 bits per heavy atom. The zero-order chi connectivity index (χ0) is 18.7. The number of rotatable bonds is 6. The van der Waals surface area contributed by atoms with E-state index in [2.05, 4.69) is 9.62 Å². The minimum Gasteiger partial charge on any atom is -0.465 e. The van der Waals surface area contributed by atoms with Gasteiger partial charge in [0.25, 0.3) is 0 Å². The summed E-state index contributed by atoms with van der Waals surface area (Å²) in [4.78, 5) is 2.53. The third-order valence-electron chi connectivity index (χ3n) is 4.68. The summed E-state index contributed by atoms with van der Waals surface area (Å²) in [6, 6.07) is 9.12. The highest BCUT2D eigenvalue weighted by molar-refractivity contribution is 7.89. The zero-order valence-corrected chi connectivity index (χ0v) is 16.3. The van der Waals surface area contributed by atoms with Gasteiger partial charge in [0.15, 0.2) is 0 Å². The molecule has 0 bridgehead atoms. The Morgan fingerprint density at radius 1 is 1.12 bits per heavy atom. The number of nitrogens with zero attached hydrogens (tertiary/aromatic N) is 1. The number of benzene rings is 1. The lowest BCUT2D eigenvalue weighted by molar-refractivity contribution is 0.0127. The van der Waals surface area contributed by atoms with Crippen LogP contribution in [-0.2, 0) is 14.8 Å². The van der Waals surface area contributed by atoms with E-state index in [-0.39, 0.29) is 12.6 Å². The van der Waals surface area contributed by atoms with E-state index in [9.17, 15) is 8.42 Å². The number of aryl methyl sites for hydroxylation is 3. The molecule has 1 aliphatic rings. The maximum Gasteiger partial charge on any atom is 0.240 e.